The third-order valence-electron chi connectivity index (χ3n) is 2.53. The molecule has 0 radical (unpaired) electrons. The zero-order valence-electron chi connectivity index (χ0n) is 9.27. The number of aryl methyl sites for hydroxylation is 1. The van der Waals surface area contributed by atoms with Gasteiger partial charge < -0.3 is 19.9 Å². The minimum atomic E-state index is -0.112. The zero-order chi connectivity index (χ0) is 11.4. The molecule has 0 aromatic carbocycles. The van der Waals surface area contributed by atoms with E-state index in [0.29, 0.717) is 19.0 Å². The summed E-state index contributed by atoms with van der Waals surface area (Å²) in [6.07, 6.45) is 3.24. The van der Waals surface area contributed by atoms with Gasteiger partial charge in [0, 0.05) is 38.6 Å². The number of aromatic nitrogens is 2. The van der Waals surface area contributed by atoms with Crippen molar-refractivity contribution in [3.63, 3.8) is 0 Å². The standard InChI is InChI=1S/C10H16N4O2/c1-14-4-2-12-9(10(14)15)13-6-8-7-16-5-3-11-8/h2,4,8,11H,3,5-7H2,1H3,(H,12,13). The Morgan fingerprint density at radius 3 is 3.38 bits per heavy atom. The fourth-order valence-electron chi connectivity index (χ4n) is 1.59. The van der Waals surface area contributed by atoms with Gasteiger partial charge >= 0.3 is 0 Å². The van der Waals surface area contributed by atoms with Crippen LogP contribution in [-0.4, -0.2) is 41.9 Å². The van der Waals surface area contributed by atoms with E-state index in [1.807, 2.05) is 0 Å². The number of rotatable bonds is 3. The molecular weight excluding hydrogens is 208 g/mol. The molecule has 2 heterocycles. The van der Waals surface area contributed by atoms with Crippen LogP contribution in [0.1, 0.15) is 0 Å². The summed E-state index contributed by atoms with van der Waals surface area (Å²) in [7, 11) is 1.71. The van der Waals surface area contributed by atoms with Gasteiger partial charge in [-0.1, -0.05) is 0 Å². The summed E-state index contributed by atoms with van der Waals surface area (Å²) >= 11 is 0. The molecule has 1 atom stereocenters. The minimum absolute atomic E-state index is 0.112. The van der Waals surface area contributed by atoms with Gasteiger partial charge in [0.1, 0.15) is 0 Å². The Hall–Kier alpha value is -1.40. The van der Waals surface area contributed by atoms with Crippen LogP contribution < -0.4 is 16.2 Å². The van der Waals surface area contributed by atoms with Gasteiger partial charge in [-0.15, -0.1) is 0 Å². The Morgan fingerprint density at radius 1 is 1.75 bits per heavy atom. The average molecular weight is 224 g/mol. The summed E-state index contributed by atoms with van der Waals surface area (Å²) in [5.74, 6) is 0.386. The number of hydrogen-bond acceptors (Lipinski definition) is 5. The van der Waals surface area contributed by atoms with Gasteiger partial charge in [0.05, 0.1) is 13.2 Å². The summed E-state index contributed by atoms with van der Waals surface area (Å²) in [4.78, 5) is 15.6. The molecule has 16 heavy (non-hydrogen) atoms. The number of anilines is 1. The molecule has 0 bridgehead atoms. The Kier molecular flexibility index (Phi) is 3.53. The largest absolute Gasteiger partial charge is 0.378 e. The number of morpholine rings is 1. The van der Waals surface area contributed by atoms with E-state index < -0.39 is 0 Å². The summed E-state index contributed by atoms with van der Waals surface area (Å²) in [5, 5.41) is 6.34. The summed E-state index contributed by atoms with van der Waals surface area (Å²) in [6, 6.07) is 0.237. The van der Waals surface area contributed by atoms with Gasteiger partial charge in [0.25, 0.3) is 5.56 Å². The Morgan fingerprint density at radius 2 is 2.62 bits per heavy atom. The van der Waals surface area contributed by atoms with Gasteiger partial charge in [-0.25, -0.2) is 4.98 Å². The molecule has 1 saturated heterocycles. The molecule has 6 heteroatoms. The van der Waals surface area contributed by atoms with Gasteiger partial charge in [-0.05, 0) is 0 Å². The van der Waals surface area contributed by atoms with Crippen molar-refractivity contribution < 1.29 is 4.74 Å². The van der Waals surface area contributed by atoms with Crippen molar-refractivity contribution in [3.05, 3.63) is 22.7 Å². The molecule has 0 saturated carbocycles. The monoisotopic (exact) mass is 224 g/mol. The van der Waals surface area contributed by atoms with E-state index in [1.165, 1.54) is 4.57 Å². The predicted molar refractivity (Wildman–Crippen MR) is 60.6 cm³/mol. The van der Waals surface area contributed by atoms with E-state index in [0.717, 1.165) is 13.2 Å². The maximum atomic E-state index is 11.6. The van der Waals surface area contributed by atoms with Crippen molar-refractivity contribution >= 4 is 5.82 Å². The van der Waals surface area contributed by atoms with Gasteiger partial charge in [-0.2, -0.15) is 0 Å². The molecule has 6 nitrogen and oxygen atoms in total. The van der Waals surface area contributed by atoms with Crippen LogP contribution >= 0.6 is 0 Å². The number of hydrogen-bond donors (Lipinski definition) is 2. The summed E-state index contributed by atoms with van der Waals surface area (Å²) in [5.41, 5.74) is -0.112. The van der Waals surface area contributed by atoms with Crippen molar-refractivity contribution in [1.29, 1.82) is 0 Å². The quantitative estimate of drug-likeness (QED) is 0.702. The van der Waals surface area contributed by atoms with Crippen LogP contribution in [0.4, 0.5) is 5.82 Å². The van der Waals surface area contributed by atoms with Crippen LogP contribution in [0.5, 0.6) is 0 Å². The molecule has 1 aliphatic heterocycles. The third-order valence-corrected chi connectivity index (χ3v) is 2.53. The molecule has 2 rings (SSSR count). The SMILES string of the molecule is Cn1ccnc(NCC2COCCN2)c1=O. The van der Waals surface area contributed by atoms with Crippen LogP contribution in [-0.2, 0) is 11.8 Å². The second kappa shape index (κ2) is 5.09. The molecular formula is C10H16N4O2. The van der Waals surface area contributed by atoms with Crippen molar-refractivity contribution in [2.24, 2.45) is 7.05 Å². The molecule has 1 fully saturated rings. The maximum Gasteiger partial charge on any atom is 0.293 e. The normalized spacial score (nSPS) is 20.7. The number of ether oxygens (including phenoxy) is 1. The topological polar surface area (TPSA) is 68.2 Å². The predicted octanol–water partition coefficient (Wildman–Crippen LogP) is -0.819. The first-order chi connectivity index (χ1) is 7.77. The van der Waals surface area contributed by atoms with Crippen LogP contribution in [0.3, 0.4) is 0 Å². The van der Waals surface area contributed by atoms with Crippen LogP contribution in [0.2, 0.25) is 0 Å². The third kappa shape index (κ3) is 2.59. The molecule has 1 aromatic heterocycles. The Balaban J connectivity index is 1.94. The molecule has 0 spiro atoms. The van der Waals surface area contributed by atoms with E-state index >= 15 is 0 Å². The van der Waals surface area contributed by atoms with E-state index in [9.17, 15) is 4.79 Å². The van der Waals surface area contributed by atoms with E-state index in [-0.39, 0.29) is 11.6 Å². The van der Waals surface area contributed by atoms with Crippen LogP contribution in [0, 0.1) is 0 Å². The number of nitrogens with zero attached hydrogens (tertiary/aromatic N) is 2. The van der Waals surface area contributed by atoms with Gasteiger partial charge in [0.15, 0.2) is 5.82 Å². The van der Waals surface area contributed by atoms with Crippen molar-refractivity contribution in [1.82, 2.24) is 14.9 Å². The lowest BCUT2D eigenvalue weighted by atomic mass is 10.3. The maximum absolute atomic E-state index is 11.6. The molecule has 1 aromatic rings. The molecule has 88 valence electrons. The van der Waals surface area contributed by atoms with Crippen molar-refractivity contribution in [2.75, 3.05) is 31.6 Å². The van der Waals surface area contributed by atoms with E-state index in [2.05, 4.69) is 15.6 Å². The second-order valence-electron chi connectivity index (χ2n) is 3.80. The lowest BCUT2D eigenvalue weighted by Crippen LogP contribution is -2.45. The van der Waals surface area contributed by atoms with Gasteiger partial charge in [0.2, 0.25) is 0 Å². The lowest BCUT2D eigenvalue weighted by Gasteiger charge is -2.23. The molecule has 0 aliphatic carbocycles. The summed E-state index contributed by atoms with van der Waals surface area (Å²) in [6.45, 7) is 2.92. The highest BCUT2D eigenvalue weighted by Crippen LogP contribution is 1.96. The van der Waals surface area contributed by atoms with Crippen molar-refractivity contribution in [2.45, 2.75) is 6.04 Å². The summed E-state index contributed by atoms with van der Waals surface area (Å²) < 4.78 is 6.82. The molecule has 1 unspecified atom stereocenters. The molecule has 1 aliphatic rings. The minimum Gasteiger partial charge on any atom is -0.378 e. The molecule has 2 N–H and O–H groups in total. The van der Waals surface area contributed by atoms with Crippen LogP contribution in [0.15, 0.2) is 17.2 Å². The van der Waals surface area contributed by atoms with Crippen LogP contribution in [0.25, 0.3) is 0 Å². The van der Waals surface area contributed by atoms with E-state index in [1.54, 1.807) is 19.4 Å². The first-order valence-corrected chi connectivity index (χ1v) is 5.34. The number of nitrogens with one attached hydrogen (secondary N) is 2. The average Bonchev–Trinajstić information content (AvgIpc) is 2.32. The fourth-order valence-corrected chi connectivity index (χ4v) is 1.59. The highest BCUT2D eigenvalue weighted by atomic mass is 16.5. The first kappa shape index (κ1) is 11.1. The fraction of sp³-hybridized carbons (Fsp3) is 0.600. The second-order valence-corrected chi connectivity index (χ2v) is 3.80. The highest BCUT2D eigenvalue weighted by molar-refractivity contribution is 5.30. The Labute approximate surface area is 93.6 Å². The molecule has 0 amide bonds. The van der Waals surface area contributed by atoms with Crippen molar-refractivity contribution in [3.8, 4) is 0 Å². The zero-order valence-corrected chi connectivity index (χ0v) is 9.27. The van der Waals surface area contributed by atoms with E-state index in [4.69, 9.17) is 4.74 Å². The smallest absolute Gasteiger partial charge is 0.293 e. The highest BCUT2D eigenvalue weighted by Gasteiger charge is 2.13. The van der Waals surface area contributed by atoms with Gasteiger partial charge in [-0.3, -0.25) is 4.79 Å². The lowest BCUT2D eigenvalue weighted by molar-refractivity contribution is 0.0806. The first-order valence-electron chi connectivity index (χ1n) is 5.34. The Bertz CT molecular complexity index is 398.